The van der Waals surface area contributed by atoms with Gasteiger partial charge in [-0.1, -0.05) is 35.3 Å². The first kappa shape index (κ1) is 20.1. The van der Waals surface area contributed by atoms with Gasteiger partial charge in [0, 0.05) is 18.5 Å². The molecule has 0 aromatic heterocycles. The van der Waals surface area contributed by atoms with Gasteiger partial charge in [-0.15, -0.1) is 0 Å². The zero-order valence-corrected chi connectivity index (χ0v) is 16.1. The number of methoxy groups -OCH3 is 1. The molecule has 1 N–H and O–H groups in total. The number of amides is 2. The van der Waals surface area contributed by atoms with Gasteiger partial charge < -0.3 is 15.0 Å². The summed E-state index contributed by atoms with van der Waals surface area (Å²) in [4.78, 5) is 25.6. The van der Waals surface area contributed by atoms with Crippen LogP contribution in [0.5, 0.6) is 5.75 Å². The summed E-state index contributed by atoms with van der Waals surface area (Å²) >= 11 is 12.0. The fourth-order valence-electron chi connectivity index (χ4n) is 2.36. The highest BCUT2D eigenvalue weighted by Gasteiger charge is 2.15. The minimum Gasteiger partial charge on any atom is -0.497 e. The van der Waals surface area contributed by atoms with Crippen LogP contribution in [0.15, 0.2) is 42.5 Å². The molecular weight excluding hydrogens is 375 g/mol. The van der Waals surface area contributed by atoms with Crippen LogP contribution in [0.2, 0.25) is 10.0 Å². The molecule has 2 aromatic carbocycles. The van der Waals surface area contributed by atoms with Gasteiger partial charge in [-0.2, -0.15) is 0 Å². The average molecular weight is 395 g/mol. The third-order valence-electron chi connectivity index (χ3n) is 3.81. The van der Waals surface area contributed by atoms with Crippen molar-refractivity contribution in [3.05, 3.63) is 58.1 Å². The maximum atomic E-state index is 12.3. The Labute approximate surface area is 162 Å². The molecule has 2 aromatic rings. The van der Waals surface area contributed by atoms with Gasteiger partial charge in [0.15, 0.2) is 0 Å². The first-order chi connectivity index (χ1) is 12.4. The van der Waals surface area contributed by atoms with Crippen molar-refractivity contribution in [2.45, 2.75) is 13.3 Å². The van der Waals surface area contributed by atoms with Crippen LogP contribution in [0.25, 0.3) is 0 Å². The van der Waals surface area contributed by atoms with Crippen LogP contribution < -0.4 is 10.1 Å². The summed E-state index contributed by atoms with van der Waals surface area (Å²) in [6.45, 7) is 1.81. The van der Waals surface area contributed by atoms with Crippen molar-refractivity contribution >= 4 is 40.7 Å². The highest BCUT2D eigenvalue weighted by atomic mass is 35.5. The van der Waals surface area contributed by atoms with Crippen LogP contribution >= 0.6 is 23.2 Å². The molecule has 5 nitrogen and oxygen atoms in total. The maximum absolute atomic E-state index is 12.3. The summed E-state index contributed by atoms with van der Waals surface area (Å²) in [5.74, 6) is 0.264. The van der Waals surface area contributed by atoms with E-state index in [1.165, 1.54) is 11.8 Å². The molecule has 2 rings (SSSR count). The molecule has 0 bridgehead atoms. The zero-order valence-electron chi connectivity index (χ0n) is 14.6. The molecule has 0 saturated heterocycles. The minimum absolute atomic E-state index is 0.0612. The second-order valence-corrected chi connectivity index (χ2v) is 6.55. The summed E-state index contributed by atoms with van der Waals surface area (Å²) in [6, 6.07) is 12.4. The number of nitrogens with zero attached hydrogens (tertiary/aromatic N) is 1. The quantitative estimate of drug-likeness (QED) is 0.770. The van der Waals surface area contributed by atoms with E-state index in [0.29, 0.717) is 28.7 Å². The molecule has 2 amide bonds. The Kier molecular flexibility index (Phi) is 7.30. The monoisotopic (exact) mass is 394 g/mol. The Balaban J connectivity index is 1.95. The van der Waals surface area contributed by atoms with Crippen molar-refractivity contribution in [2.24, 2.45) is 0 Å². The molecule has 26 heavy (non-hydrogen) atoms. The number of carbonyl (C=O) groups excluding carboxylic acids is 2. The number of anilines is 1. The van der Waals surface area contributed by atoms with Gasteiger partial charge in [-0.25, -0.2) is 0 Å². The lowest BCUT2D eigenvalue weighted by molar-refractivity contribution is -0.132. The number of hydrogen-bond acceptors (Lipinski definition) is 3. The summed E-state index contributed by atoms with van der Waals surface area (Å²) in [6.07, 6.45) is 0.634. The second-order valence-electron chi connectivity index (χ2n) is 5.71. The molecule has 7 heteroatoms. The van der Waals surface area contributed by atoms with E-state index in [9.17, 15) is 9.59 Å². The van der Waals surface area contributed by atoms with Gasteiger partial charge in [-0.3, -0.25) is 9.59 Å². The predicted octanol–water partition coefficient (Wildman–Crippen LogP) is 4.03. The van der Waals surface area contributed by atoms with Crippen molar-refractivity contribution in [3.63, 3.8) is 0 Å². The van der Waals surface area contributed by atoms with Gasteiger partial charge in [0.05, 0.1) is 24.4 Å². The topological polar surface area (TPSA) is 58.6 Å². The summed E-state index contributed by atoms with van der Waals surface area (Å²) in [5, 5.41) is 3.53. The molecule has 0 saturated carbocycles. The van der Waals surface area contributed by atoms with Crippen LogP contribution in [-0.2, 0) is 16.0 Å². The first-order valence-electron chi connectivity index (χ1n) is 8.02. The number of nitrogens with one attached hydrogen (secondary N) is 1. The third kappa shape index (κ3) is 5.93. The Morgan fingerprint density at radius 1 is 1.12 bits per heavy atom. The van der Waals surface area contributed by atoms with Crippen molar-refractivity contribution in [3.8, 4) is 5.75 Å². The van der Waals surface area contributed by atoms with Crippen molar-refractivity contribution in [2.75, 3.05) is 25.5 Å². The number of benzene rings is 2. The van der Waals surface area contributed by atoms with Crippen molar-refractivity contribution < 1.29 is 14.3 Å². The van der Waals surface area contributed by atoms with E-state index < -0.39 is 0 Å². The van der Waals surface area contributed by atoms with Crippen LogP contribution in [0.4, 0.5) is 5.69 Å². The average Bonchev–Trinajstić information content (AvgIpc) is 2.62. The van der Waals surface area contributed by atoms with Gasteiger partial charge in [0.2, 0.25) is 11.8 Å². The fraction of sp³-hybridized carbons (Fsp3) is 0.263. The molecule has 0 spiro atoms. The van der Waals surface area contributed by atoms with E-state index >= 15 is 0 Å². The lowest BCUT2D eigenvalue weighted by Gasteiger charge is -2.21. The van der Waals surface area contributed by atoms with Crippen LogP contribution in [0, 0.1) is 0 Å². The Morgan fingerprint density at radius 2 is 1.81 bits per heavy atom. The Hall–Kier alpha value is -2.24. The van der Waals surface area contributed by atoms with Crippen LogP contribution in [0.1, 0.15) is 12.5 Å². The molecular formula is C19H20Cl2N2O3. The molecule has 0 aliphatic carbocycles. The van der Waals surface area contributed by atoms with Gasteiger partial charge in [0.1, 0.15) is 5.75 Å². The minimum atomic E-state index is -0.334. The highest BCUT2D eigenvalue weighted by molar-refractivity contribution is 6.35. The zero-order chi connectivity index (χ0) is 19.1. The molecule has 138 valence electrons. The fourth-order valence-corrected chi connectivity index (χ4v) is 2.70. The van der Waals surface area contributed by atoms with E-state index in [1.54, 1.807) is 25.3 Å². The van der Waals surface area contributed by atoms with Crippen LogP contribution in [-0.4, -0.2) is 36.9 Å². The SMILES string of the molecule is COc1ccc(CCN(CC(=O)Nc2cc(Cl)ccc2Cl)C(C)=O)cc1. The lowest BCUT2D eigenvalue weighted by atomic mass is 10.1. The van der Waals surface area contributed by atoms with E-state index in [4.69, 9.17) is 27.9 Å². The normalized spacial score (nSPS) is 10.3. The highest BCUT2D eigenvalue weighted by Crippen LogP contribution is 2.25. The molecule has 0 aliphatic heterocycles. The Morgan fingerprint density at radius 3 is 2.42 bits per heavy atom. The van der Waals surface area contributed by atoms with Gasteiger partial charge in [-0.05, 0) is 42.3 Å². The molecule has 0 heterocycles. The number of halogens is 2. The maximum Gasteiger partial charge on any atom is 0.244 e. The van der Waals surface area contributed by atoms with E-state index in [0.717, 1.165) is 11.3 Å². The number of ether oxygens (including phenoxy) is 1. The standard InChI is InChI=1S/C19H20Cl2N2O3/c1-13(24)23(10-9-14-3-6-16(26-2)7-4-14)12-19(25)22-18-11-15(20)5-8-17(18)21/h3-8,11H,9-10,12H2,1-2H3,(H,22,25). The number of rotatable bonds is 7. The smallest absolute Gasteiger partial charge is 0.244 e. The molecule has 0 fully saturated rings. The van der Waals surface area contributed by atoms with Gasteiger partial charge in [0.25, 0.3) is 0 Å². The second kappa shape index (κ2) is 9.46. The summed E-state index contributed by atoms with van der Waals surface area (Å²) in [5.41, 5.74) is 1.47. The van der Waals surface area contributed by atoms with Crippen molar-refractivity contribution in [1.82, 2.24) is 4.90 Å². The molecule has 0 aliphatic rings. The number of hydrogen-bond donors (Lipinski definition) is 1. The van der Waals surface area contributed by atoms with E-state index in [2.05, 4.69) is 5.32 Å². The largest absolute Gasteiger partial charge is 0.497 e. The van der Waals surface area contributed by atoms with E-state index in [1.807, 2.05) is 24.3 Å². The third-order valence-corrected chi connectivity index (χ3v) is 4.38. The molecule has 0 unspecified atom stereocenters. The van der Waals surface area contributed by atoms with E-state index in [-0.39, 0.29) is 18.4 Å². The number of carbonyl (C=O) groups is 2. The Bertz CT molecular complexity index is 779. The first-order valence-corrected chi connectivity index (χ1v) is 8.78. The lowest BCUT2D eigenvalue weighted by Crippen LogP contribution is -2.38. The van der Waals surface area contributed by atoms with Crippen LogP contribution in [0.3, 0.4) is 0 Å². The predicted molar refractivity (Wildman–Crippen MR) is 104 cm³/mol. The summed E-state index contributed by atoms with van der Waals surface area (Å²) < 4.78 is 5.12. The molecule has 0 radical (unpaired) electrons. The van der Waals surface area contributed by atoms with Gasteiger partial charge >= 0.3 is 0 Å². The summed E-state index contributed by atoms with van der Waals surface area (Å²) in [7, 11) is 1.61. The molecule has 0 atom stereocenters. The van der Waals surface area contributed by atoms with Crippen molar-refractivity contribution in [1.29, 1.82) is 0 Å².